The van der Waals surface area contributed by atoms with E-state index in [-0.39, 0.29) is 0 Å². The molecule has 0 N–H and O–H groups in total. The summed E-state index contributed by atoms with van der Waals surface area (Å²) in [5, 5.41) is 0. The Bertz CT molecular complexity index is 178. The van der Waals surface area contributed by atoms with Crippen LogP contribution in [0.15, 0.2) is 0 Å². The van der Waals surface area contributed by atoms with E-state index in [0.29, 0.717) is 18.1 Å². The molecule has 2 nitrogen and oxygen atoms in total. The molecule has 0 saturated heterocycles. The van der Waals surface area contributed by atoms with E-state index in [4.69, 9.17) is 11.2 Å². The summed E-state index contributed by atoms with van der Waals surface area (Å²) in [7, 11) is -0.693. The summed E-state index contributed by atoms with van der Waals surface area (Å²) in [4.78, 5) is 0. The Labute approximate surface area is 108 Å². The van der Waals surface area contributed by atoms with Crippen molar-refractivity contribution in [3.05, 3.63) is 0 Å². The smallest absolute Gasteiger partial charge is 0.141 e. The van der Waals surface area contributed by atoms with E-state index in [2.05, 4.69) is 57.8 Å². The predicted molar refractivity (Wildman–Crippen MR) is 77.0 cm³/mol. The largest absolute Gasteiger partial charge is 0.255 e. The molecule has 98 valence electrons. The Morgan fingerprint density at radius 3 is 1.62 bits per heavy atom. The Kier molecular flexibility index (Phi) is 8.18. The van der Waals surface area contributed by atoms with Crippen molar-refractivity contribution in [1.29, 1.82) is 0 Å². The molecule has 1 unspecified atom stereocenters. The molecule has 0 aliphatic rings. The van der Waals surface area contributed by atoms with Gasteiger partial charge in [-0.25, -0.2) is 0 Å². The first-order valence-electron chi connectivity index (χ1n) is 6.33. The first-order valence-corrected chi connectivity index (χ1v) is 8.48. The van der Waals surface area contributed by atoms with Crippen molar-refractivity contribution in [2.45, 2.75) is 73.0 Å². The van der Waals surface area contributed by atoms with Gasteiger partial charge in [-0.1, -0.05) is 18.2 Å². The highest BCUT2D eigenvalue weighted by Crippen LogP contribution is 2.52. The van der Waals surface area contributed by atoms with Crippen LogP contribution in [0.4, 0.5) is 0 Å². The van der Waals surface area contributed by atoms with Crippen LogP contribution in [0, 0.1) is 0 Å². The molecule has 0 saturated carbocycles. The molecule has 0 aromatic rings. The second-order valence-electron chi connectivity index (χ2n) is 5.06. The quantitative estimate of drug-likeness (QED) is 0.617. The lowest BCUT2D eigenvalue weighted by atomic mass is 10.3. The molecule has 0 amide bonds. The van der Waals surface area contributed by atoms with E-state index in [1.807, 2.05) is 0 Å². The van der Waals surface area contributed by atoms with Gasteiger partial charge >= 0.3 is 0 Å². The van der Waals surface area contributed by atoms with Crippen LogP contribution in [0.1, 0.15) is 54.9 Å². The minimum absolute atomic E-state index is 0.502. The average molecular weight is 267 g/mol. The average Bonchev–Trinajstić information content (AvgIpc) is 2.11. The summed E-state index contributed by atoms with van der Waals surface area (Å²) in [5.41, 5.74) is 0. The lowest BCUT2D eigenvalue weighted by Gasteiger charge is -2.41. The SMILES string of the molecule is CCCN(C(C)C)P(Cl)N(C(C)C)C(C)C. The van der Waals surface area contributed by atoms with E-state index < -0.39 is 7.58 Å². The summed E-state index contributed by atoms with van der Waals surface area (Å²) >= 11 is 6.69. The highest BCUT2D eigenvalue weighted by atomic mass is 35.7. The fourth-order valence-corrected chi connectivity index (χ4v) is 5.44. The molecule has 0 bridgehead atoms. The van der Waals surface area contributed by atoms with E-state index in [1.54, 1.807) is 0 Å². The van der Waals surface area contributed by atoms with Crippen molar-refractivity contribution >= 4 is 18.8 Å². The zero-order chi connectivity index (χ0) is 12.9. The van der Waals surface area contributed by atoms with Crippen molar-refractivity contribution in [3.63, 3.8) is 0 Å². The first kappa shape index (κ1) is 16.6. The maximum absolute atomic E-state index is 6.69. The summed E-state index contributed by atoms with van der Waals surface area (Å²) in [6.07, 6.45) is 1.16. The topological polar surface area (TPSA) is 6.48 Å². The summed E-state index contributed by atoms with van der Waals surface area (Å²) in [6.45, 7) is 16.7. The molecule has 0 rings (SSSR count). The summed E-state index contributed by atoms with van der Waals surface area (Å²) in [5.74, 6) is 0. The second-order valence-corrected chi connectivity index (χ2v) is 7.43. The van der Waals surface area contributed by atoms with Gasteiger partial charge in [0.05, 0.1) is 0 Å². The van der Waals surface area contributed by atoms with Gasteiger partial charge < -0.3 is 0 Å². The molecule has 1 atom stereocenters. The molecule has 0 aliphatic heterocycles. The van der Waals surface area contributed by atoms with E-state index >= 15 is 0 Å². The minimum Gasteiger partial charge on any atom is -0.255 e. The van der Waals surface area contributed by atoms with Gasteiger partial charge in [-0.05, 0) is 48.0 Å². The lowest BCUT2D eigenvalue weighted by Crippen LogP contribution is -2.38. The van der Waals surface area contributed by atoms with Crippen LogP contribution in [0.3, 0.4) is 0 Å². The molecular formula is C12H28ClN2P. The Morgan fingerprint density at radius 2 is 1.38 bits per heavy atom. The second kappa shape index (κ2) is 7.87. The third-order valence-corrected chi connectivity index (χ3v) is 6.01. The van der Waals surface area contributed by atoms with Crippen LogP contribution in [0.2, 0.25) is 0 Å². The van der Waals surface area contributed by atoms with Crippen molar-refractivity contribution < 1.29 is 0 Å². The van der Waals surface area contributed by atoms with Gasteiger partial charge in [0.15, 0.2) is 0 Å². The van der Waals surface area contributed by atoms with Crippen LogP contribution in [0.5, 0.6) is 0 Å². The monoisotopic (exact) mass is 266 g/mol. The molecule has 0 aromatic heterocycles. The van der Waals surface area contributed by atoms with Crippen LogP contribution >= 0.6 is 18.8 Å². The van der Waals surface area contributed by atoms with Gasteiger partial charge in [0.25, 0.3) is 0 Å². The van der Waals surface area contributed by atoms with Gasteiger partial charge in [0.2, 0.25) is 0 Å². The van der Waals surface area contributed by atoms with Crippen molar-refractivity contribution in [2.75, 3.05) is 6.54 Å². The van der Waals surface area contributed by atoms with Gasteiger partial charge in [-0.3, -0.25) is 9.34 Å². The number of nitrogens with zero attached hydrogens (tertiary/aromatic N) is 2. The molecular weight excluding hydrogens is 239 g/mol. The Morgan fingerprint density at radius 1 is 0.938 bits per heavy atom. The number of hydrogen-bond donors (Lipinski definition) is 0. The summed E-state index contributed by atoms with van der Waals surface area (Å²) in [6, 6.07) is 1.52. The zero-order valence-electron chi connectivity index (χ0n) is 11.9. The molecule has 0 aliphatic carbocycles. The number of hydrogen-bond acceptors (Lipinski definition) is 2. The highest BCUT2D eigenvalue weighted by molar-refractivity contribution is 7.80. The normalized spacial score (nSPS) is 14.8. The van der Waals surface area contributed by atoms with Crippen molar-refractivity contribution in [1.82, 2.24) is 9.34 Å². The Hall–Kier alpha value is 0.640. The van der Waals surface area contributed by atoms with Gasteiger partial charge in [0, 0.05) is 24.7 Å². The van der Waals surface area contributed by atoms with Crippen molar-refractivity contribution in [2.24, 2.45) is 0 Å². The lowest BCUT2D eigenvalue weighted by molar-refractivity contribution is 0.286. The fourth-order valence-electron chi connectivity index (χ4n) is 1.87. The molecule has 16 heavy (non-hydrogen) atoms. The van der Waals surface area contributed by atoms with Gasteiger partial charge in [0.1, 0.15) is 7.58 Å². The predicted octanol–water partition coefficient (Wildman–Crippen LogP) is 4.69. The standard InChI is InChI=1S/C12H28ClN2P/c1-8-9-14(10(2)3)16(13)15(11(4)5)12(6)7/h10-12H,8-9H2,1-7H3. The van der Waals surface area contributed by atoms with Crippen LogP contribution in [0.25, 0.3) is 0 Å². The molecule has 0 heterocycles. The third-order valence-electron chi connectivity index (χ3n) is 2.51. The van der Waals surface area contributed by atoms with E-state index in [0.717, 1.165) is 13.0 Å². The molecule has 0 radical (unpaired) electrons. The molecule has 0 aromatic carbocycles. The van der Waals surface area contributed by atoms with Gasteiger partial charge in [-0.2, -0.15) is 0 Å². The molecule has 0 fully saturated rings. The maximum Gasteiger partial charge on any atom is 0.141 e. The van der Waals surface area contributed by atoms with Gasteiger partial charge in [-0.15, -0.1) is 0 Å². The third kappa shape index (κ3) is 4.87. The number of rotatable bonds is 7. The fraction of sp³-hybridized carbons (Fsp3) is 1.00. The van der Waals surface area contributed by atoms with Crippen LogP contribution in [-0.4, -0.2) is 34.0 Å². The van der Waals surface area contributed by atoms with E-state index in [1.165, 1.54) is 0 Å². The van der Waals surface area contributed by atoms with Crippen LogP contribution < -0.4 is 0 Å². The highest BCUT2D eigenvalue weighted by Gasteiger charge is 2.28. The minimum atomic E-state index is -0.693. The Balaban J connectivity index is 4.72. The summed E-state index contributed by atoms with van der Waals surface area (Å²) < 4.78 is 4.85. The maximum atomic E-state index is 6.69. The van der Waals surface area contributed by atoms with E-state index in [9.17, 15) is 0 Å². The van der Waals surface area contributed by atoms with Crippen molar-refractivity contribution in [3.8, 4) is 0 Å². The first-order chi connectivity index (χ1) is 7.32. The zero-order valence-corrected chi connectivity index (χ0v) is 13.5. The number of halogens is 1. The molecule has 4 heteroatoms. The molecule has 0 spiro atoms. The van der Waals surface area contributed by atoms with Crippen LogP contribution in [-0.2, 0) is 0 Å².